The average molecular weight is 214 g/mol. The van der Waals surface area contributed by atoms with Crippen LogP contribution in [-0.4, -0.2) is 43.8 Å². The van der Waals surface area contributed by atoms with Crippen LogP contribution in [0.15, 0.2) is 0 Å². The van der Waals surface area contributed by atoms with Gasteiger partial charge in [-0.05, 0) is 18.3 Å². The van der Waals surface area contributed by atoms with Crippen LogP contribution in [0.25, 0.3) is 0 Å². The van der Waals surface area contributed by atoms with Gasteiger partial charge in [0.15, 0.2) is 0 Å². The minimum atomic E-state index is 0.195. The van der Waals surface area contributed by atoms with Crippen LogP contribution < -0.4 is 5.73 Å². The van der Waals surface area contributed by atoms with E-state index >= 15 is 0 Å². The molecule has 0 saturated heterocycles. The van der Waals surface area contributed by atoms with Gasteiger partial charge in [-0.25, -0.2) is 0 Å². The fourth-order valence-electron chi connectivity index (χ4n) is 1.60. The average Bonchev–Trinajstić information content (AvgIpc) is 2.93. The summed E-state index contributed by atoms with van der Waals surface area (Å²) in [5.41, 5.74) is 6.40. The molecule has 0 aromatic heterocycles. The Labute approximate surface area is 94.0 Å². The third-order valence-corrected chi connectivity index (χ3v) is 3.19. The number of rotatable bonds is 6. The second kappa shape index (κ2) is 5.28. The van der Waals surface area contributed by atoms with Crippen molar-refractivity contribution in [2.75, 3.05) is 26.8 Å². The van der Waals surface area contributed by atoms with Crippen LogP contribution in [0.3, 0.4) is 0 Å². The van der Waals surface area contributed by atoms with Crippen molar-refractivity contribution in [3.05, 3.63) is 0 Å². The predicted molar refractivity (Wildman–Crippen MR) is 63.9 cm³/mol. The molecule has 1 rings (SSSR count). The molecule has 0 aromatic carbocycles. The van der Waals surface area contributed by atoms with Crippen LogP contribution in [0.2, 0.25) is 0 Å². The molecule has 2 N–H and O–H groups in total. The fourth-order valence-corrected chi connectivity index (χ4v) is 1.60. The fraction of sp³-hybridized carbons (Fsp3) is 1.00. The highest BCUT2D eigenvalue weighted by Crippen LogP contribution is 2.28. The highest BCUT2D eigenvalue weighted by molar-refractivity contribution is 4.89. The van der Waals surface area contributed by atoms with Gasteiger partial charge in [-0.2, -0.15) is 0 Å². The summed E-state index contributed by atoms with van der Waals surface area (Å²) in [5, 5.41) is 0. The SMILES string of the molecule is COCCN(CC(N)C(C)(C)C)C1CC1. The first-order valence-electron chi connectivity index (χ1n) is 5.93. The highest BCUT2D eigenvalue weighted by atomic mass is 16.5. The van der Waals surface area contributed by atoms with Crippen LogP contribution in [0.1, 0.15) is 33.6 Å². The Bertz CT molecular complexity index is 185. The van der Waals surface area contributed by atoms with Crippen molar-refractivity contribution >= 4 is 0 Å². The number of hydrogen-bond acceptors (Lipinski definition) is 3. The van der Waals surface area contributed by atoms with Crippen molar-refractivity contribution in [1.29, 1.82) is 0 Å². The van der Waals surface area contributed by atoms with E-state index in [4.69, 9.17) is 10.5 Å². The molecule has 3 nitrogen and oxygen atoms in total. The standard InChI is InChI=1S/C12H26N2O/c1-12(2,3)11(13)9-14(7-8-15-4)10-5-6-10/h10-11H,5-9,13H2,1-4H3. The summed E-state index contributed by atoms with van der Waals surface area (Å²) in [5.74, 6) is 0. The van der Waals surface area contributed by atoms with Gasteiger partial charge in [-0.3, -0.25) is 4.90 Å². The first kappa shape index (κ1) is 12.9. The lowest BCUT2D eigenvalue weighted by Crippen LogP contribution is -2.47. The van der Waals surface area contributed by atoms with Crippen molar-refractivity contribution in [2.24, 2.45) is 11.1 Å². The van der Waals surface area contributed by atoms with Gasteiger partial charge in [-0.1, -0.05) is 20.8 Å². The minimum absolute atomic E-state index is 0.195. The van der Waals surface area contributed by atoms with E-state index in [0.717, 1.165) is 25.7 Å². The molecule has 0 spiro atoms. The molecule has 1 fully saturated rings. The summed E-state index contributed by atoms with van der Waals surface area (Å²) in [6, 6.07) is 1.02. The normalized spacial score (nSPS) is 19.6. The molecule has 1 saturated carbocycles. The Balaban J connectivity index is 2.36. The van der Waals surface area contributed by atoms with E-state index in [9.17, 15) is 0 Å². The van der Waals surface area contributed by atoms with Crippen molar-refractivity contribution in [1.82, 2.24) is 4.90 Å². The van der Waals surface area contributed by atoms with Crippen LogP contribution >= 0.6 is 0 Å². The van der Waals surface area contributed by atoms with Crippen molar-refractivity contribution in [2.45, 2.75) is 45.7 Å². The van der Waals surface area contributed by atoms with E-state index in [1.807, 2.05) is 0 Å². The van der Waals surface area contributed by atoms with Crippen LogP contribution in [0.5, 0.6) is 0 Å². The molecular formula is C12H26N2O. The molecule has 0 heterocycles. The molecule has 0 radical (unpaired) electrons. The van der Waals surface area contributed by atoms with Gasteiger partial charge in [0.1, 0.15) is 0 Å². The Hall–Kier alpha value is -0.120. The predicted octanol–water partition coefficient (Wildman–Crippen LogP) is 1.47. The van der Waals surface area contributed by atoms with Gasteiger partial charge >= 0.3 is 0 Å². The van der Waals surface area contributed by atoms with Crippen LogP contribution in [-0.2, 0) is 4.74 Å². The molecule has 1 unspecified atom stereocenters. The summed E-state index contributed by atoms with van der Waals surface area (Å²) < 4.78 is 5.13. The summed E-state index contributed by atoms with van der Waals surface area (Å²) in [7, 11) is 1.76. The lowest BCUT2D eigenvalue weighted by atomic mass is 9.87. The summed E-state index contributed by atoms with van der Waals surface area (Å²) in [6.07, 6.45) is 2.67. The third kappa shape index (κ3) is 4.49. The van der Waals surface area contributed by atoms with Gasteiger partial charge in [0.25, 0.3) is 0 Å². The van der Waals surface area contributed by atoms with E-state index in [1.165, 1.54) is 12.8 Å². The highest BCUT2D eigenvalue weighted by Gasteiger charge is 2.32. The molecule has 0 amide bonds. The smallest absolute Gasteiger partial charge is 0.0589 e. The first-order chi connectivity index (χ1) is 6.95. The first-order valence-corrected chi connectivity index (χ1v) is 5.93. The van der Waals surface area contributed by atoms with E-state index in [-0.39, 0.29) is 11.5 Å². The topological polar surface area (TPSA) is 38.5 Å². The molecule has 15 heavy (non-hydrogen) atoms. The molecule has 1 atom stereocenters. The molecule has 1 aliphatic carbocycles. The lowest BCUT2D eigenvalue weighted by molar-refractivity contribution is 0.126. The van der Waals surface area contributed by atoms with Crippen LogP contribution in [0, 0.1) is 5.41 Å². The monoisotopic (exact) mass is 214 g/mol. The van der Waals surface area contributed by atoms with Gasteiger partial charge in [0, 0.05) is 32.3 Å². The zero-order valence-electron chi connectivity index (χ0n) is 10.6. The van der Waals surface area contributed by atoms with Crippen molar-refractivity contribution < 1.29 is 4.74 Å². The maximum absolute atomic E-state index is 6.21. The lowest BCUT2D eigenvalue weighted by Gasteiger charge is -2.32. The number of nitrogens with two attached hydrogens (primary N) is 1. The molecule has 0 aliphatic heterocycles. The summed E-state index contributed by atoms with van der Waals surface area (Å²) >= 11 is 0. The molecule has 90 valence electrons. The zero-order chi connectivity index (χ0) is 11.5. The molecule has 0 bridgehead atoms. The molecule has 3 heteroatoms. The Morgan fingerprint density at radius 1 is 1.40 bits per heavy atom. The summed E-state index contributed by atoms with van der Waals surface area (Å²) in [6.45, 7) is 9.45. The van der Waals surface area contributed by atoms with Crippen molar-refractivity contribution in [3.8, 4) is 0 Å². The second-order valence-electron chi connectivity index (χ2n) is 5.69. The Morgan fingerprint density at radius 3 is 2.40 bits per heavy atom. The number of hydrogen-bond donors (Lipinski definition) is 1. The van der Waals surface area contributed by atoms with E-state index in [1.54, 1.807) is 7.11 Å². The molecular weight excluding hydrogens is 188 g/mol. The largest absolute Gasteiger partial charge is 0.383 e. The van der Waals surface area contributed by atoms with E-state index in [0.29, 0.717) is 0 Å². The quantitative estimate of drug-likeness (QED) is 0.727. The Kier molecular flexibility index (Phi) is 4.56. The van der Waals surface area contributed by atoms with Gasteiger partial charge in [0.05, 0.1) is 6.61 Å². The second-order valence-corrected chi connectivity index (χ2v) is 5.69. The zero-order valence-corrected chi connectivity index (χ0v) is 10.6. The Morgan fingerprint density at radius 2 is 2.00 bits per heavy atom. The van der Waals surface area contributed by atoms with Gasteiger partial charge in [0.2, 0.25) is 0 Å². The molecule has 1 aliphatic rings. The van der Waals surface area contributed by atoms with Crippen molar-refractivity contribution in [3.63, 3.8) is 0 Å². The number of ether oxygens (including phenoxy) is 1. The van der Waals surface area contributed by atoms with Gasteiger partial charge < -0.3 is 10.5 Å². The maximum atomic E-state index is 6.21. The number of nitrogens with zero attached hydrogens (tertiary/aromatic N) is 1. The number of methoxy groups -OCH3 is 1. The molecule has 0 aromatic rings. The van der Waals surface area contributed by atoms with Gasteiger partial charge in [-0.15, -0.1) is 0 Å². The van der Waals surface area contributed by atoms with E-state index < -0.39 is 0 Å². The van der Waals surface area contributed by atoms with Crippen LogP contribution in [0.4, 0.5) is 0 Å². The summed E-state index contributed by atoms with van der Waals surface area (Å²) in [4.78, 5) is 2.49. The minimum Gasteiger partial charge on any atom is -0.383 e. The van der Waals surface area contributed by atoms with E-state index in [2.05, 4.69) is 25.7 Å². The maximum Gasteiger partial charge on any atom is 0.0589 e. The third-order valence-electron chi connectivity index (χ3n) is 3.19.